The highest BCUT2D eigenvalue weighted by Crippen LogP contribution is 2.38. The molecule has 0 radical (unpaired) electrons. The minimum Gasteiger partial charge on any atom is -0.312 e. The lowest BCUT2D eigenvalue weighted by Gasteiger charge is -2.25. The summed E-state index contributed by atoms with van der Waals surface area (Å²) < 4.78 is 28.4. The number of nitrogens with zero attached hydrogens (tertiary/aromatic N) is 2. The first-order valence-corrected chi connectivity index (χ1v) is 10.6. The molecular weight excluding hydrogens is 376 g/mol. The number of carbonyl (C=O) groups excluding carboxylic acids is 1. The predicted molar refractivity (Wildman–Crippen MR) is 106 cm³/mol. The number of amides is 1. The molecule has 28 heavy (non-hydrogen) atoms. The van der Waals surface area contributed by atoms with Crippen molar-refractivity contribution in [2.75, 3.05) is 16.2 Å². The molecule has 0 spiro atoms. The average Bonchev–Trinajstić information content (AvgIpc) is 3.28. The fourth-order valence-electron chi connectivity index (χ4n) is 3.94. The Morgan fingerprint density at radius 1 is 1.07 bits per heavy atom. The van der Waals surface area contributed by atoms with Crippen LogP contribution in [0.2, 0.25) is 0 Å². The van der Waals surface area contributed by atoms with Gasteiger partial charge in [-0.15, -0.1) is 0 Å². The minimum absolute atomic E-state index is 0.0401. The summed E-state index contributed by atoms with van der Waals surface area (Å²) in [7, 11) is -3.81. The van der Waals surface area contributed by atoms with Crippen LogP contribution in [0.4, 0.5) is 11.5 Å². The van der Waals surface area contributed by atoms with E-state index in [4.69, 9.17) is 0 Å². The number of rotatable bonds is 4. The van der Waals surface area contributed by atoms with E-state index in [2.05, 4.69) is 14.9 Å². The molecule has 0 fully saturated rings. The Kier molecular flexibility index (Phi) is 3.77. The third kappa shape index (κ3) is 2.77. The number of aromatic nitrogens is 2. The highest BCUT2D eigenvalue weighted by atomic mass is 32.2. The van der Waals surface area contributed by atoms with Crippen LogP contribution in [0.25, 0.3) is 11.3 Å². The smallest absolute Gasteiger partial charge is 0.263 e. The molecule has 2 aliphatic rings. The Bertz CT molecular complexity index is 1190. The van der Waals surface area contributed by atoms with Crippen molar-refractivity contribution >= 4 is 27.4 Å². The van der Waals surface area contributed by atoms with Crippen LogP contribution in [0.3, 0.4) is 0 Å². The first-order chi connectivity index (χ1) is 13.5. The number of hydrogen-bond acceptors (Lipinski definition) is 4. The number of benzene rings is 2. The Morgan fingerprint density at radius 2 is 1.86 bits per heavy atom. The molecule has 0 saturated heterocycles. The number of aryl methyl sites for hydroxylation is 1. The van der Waals surface area contributed by atoms with Crippen molar-refractivity contribution in [2.24, 2.45) is 0 Å². The molecule has 1 amide bonds. The maximum atomic E-state index is 12.9. The number of H-pyrrole nitrogens is 1. The second-order valence-corrected chi connectivity index (χ2v) is 8.74. The van der Waals surface area contributed by atoms with E-state index in [1.807, 2.05) is 30.3 Å². The van der Waals surface area contributed by atoms with E-state index in [0.29, 0.717) is 6.54 Å². The number of aromatic amines is 1. The van der Waals surface area contributed by atoms with Crippen molar-refractivity contribution in [1.29, 1.82) is 0 Å². The Balaban J connectivity index is 1.47. The van der Waals surface area contributed by atoms with Gasteiger partial charge in [-0.05, 0) is 41.7 Å². The first kappa shape index (κ1) is 17.0. The minimum atomic E-state index is -3.81. The van der Waals surface area contributed by atoms with E-state index in [9.17, 15) is 13.2 Å². The Hall–Kier alpha value is -3.13. The molecule has 8 heteroatoms. The van der Waals surface area contributed by atoms with E-state index in [0.717, 1.165) is 40.9 Å². The molecule has 0 aliphatic carbocycles. The summed E-state index contributed by atoms with van der Waals surface area (Å²) in [5, 5.41) is 6.93. The summed E-state index contributed by atoms with van der Waals surface area (Å²) in [6.07, 6.45) is 1.87. The zero-order valence-electron chi connectivity index (χ0n) is 15.0. The highest BCUT2D eigenvalue weighted by molar-refractivity contribution is 7.92. The van der Waals surface area contributed by atoms with Gasteiger partial charge in [0, 0.05) is 12.6 Å². The molecule has 0 saturated carbocycles. The fourth-order valence-corrected chi connectivity index (χ4v) is 5.03. The number of hydrogen-bond donors (Lipinski definition) is 2. The number of nitrogens with one attached hydrogen (secondary N) is 2. The van der Waals surface area contributed by atoms with E-state index in [-0.39, 0.29) is 23.0 Å². The molecule has 142 valence electrons. The largest absolute Gasteiger partial charge is 0.312 e. The Morgan fingerprint density at radius 3 is 2.68 bits per heavy atom. The van der Waals surface area contributed by atoms with Crippen molar-refractivity contribution in [3.8, 4) is 11.3 Å². The monoisotopic (exact) mass is 394 g/mol. The molecule has 3 heterocycles. The van der Waals surface area contributed by atoms with Gasteiger partial charge in [-0.1, -0.05) is 30.3 Å². The van der Waals surface area contributed by atoms with Gasteiger partial charge in [-0.25, -0.2) is 8.42 Å². The highest BCUT2D eigenvalue weighted by Gasteiger charge is 2.33. The van der Waals surface area contributed by atoms with Crippen LogP contribution in [-0.2, 0) is 27.7 Å². The van der Waals surface area contributed by atoms with Gasteiger partial charge in [0.1, 0.15) is 0 Å². The summed E-state index contributed by atoms with van der Waals surface area (Å²) >= 11 is 0. The second kappa shape index (κ2) is 6.20. The standard InChI is InChI=1S/C20H18N4O3S/c25-19-11-15-10-16(9-14-7-4-8-24(19)20(14)15)28(26,27)23-18-12-17(21-22-18)13-5-2-1-3-6-13/h1-3,5-6,9-10,12H,4,7-8,11H2,(H2,21,22,23). The zero-order chi connectivity index (χ0) is 19.3. The maximum Gasteiger partial charge on any atom is 0.263 e. The van der Waals surface area contributed by atoms with Gasteiger partial charge in [0.05, 0.1) is 22.7 Å². The van der Waals surface area contributed by atoms with Gasteiger partial charge in [-0.3, -0.25) is 14.6 Å². The summed E-state index contributed by atoms with van der Waals surface area (Å²) in [6, 6.07) is 14.5. The summed E-state index contributed by atoms with van der Waals surface area (Å²) in [5.41, 5.74) is 4.25. The molecule has 2 aromatic carbocycles. The zero-order valence-corrected chi connectivity index (χ0v) is 15.8. The third-order valence-corrected chi connectivity index (χ3v) is 6.53. The van der Waals surface area contributed by atoms with Crippen LogP contribution in [0.15, 0.2) is 53.4 Å². The fraction of sp³-hybridized carbons (Fsp3) is 0.200. The van der Waals surface area contributed by atoms with Crippen molar-refractivity contribution in [3.05, 3.63) is 59.7 Å². The third-order valence-electron chi connectivity index (χ3n) is 5.19. The average molecular weight is 394 g/mol. The van der Waals surface area contributed by atoms with Gasteiger partial charge in [0.2, 0.25) is 5.91 Å². The van der Waals surface area contributed by atoms with Gasteiger partial charge in [-0.2, -0.15) is 5.10 Å². The second-order valence-electron chi connectivity index (χ2n) is 7.05. The molecule has 7 nitrogen and oxygen atoms in total. The summed E-state index contributed by atoms with van der Waals surface area (Å²) in [4.78, 5) is 14.1. The molecular formula is C20H18N4O3S. The molecule has 1 aromatic heterocycles. The van der Waals surface area contributed by atoms with Crippen LogP contribution < -0.4 is 9.62 Å². The molecule has 3 aromatic rings. The number of carbonyl (C=O) groups is 1. The van der Waals surface area contributed by atoms with Crippen LogP contribution in [0.5, 0.6) is 0 Å². The van der Waals surface area contributed by atoms with Crippen LogP contribution in [0, 0.1) is 0 Å². The summed E-state index contributed by atoms with van der Waals surface area (Å²) in [6.45, 7) is 0.707. The van der Waals surface area contributed by atoms with E-state index in [1.165, 1.54) is 0 Å². The topological polar surface area (TPSA) is 95.2 Å². The number of anilines is 2. The van der Waals surface area contributed by atoms with E-state index < -0.39 is 10.0 Å². The van der Waals surface area contributed by atoms with Crippen molar-refractivity contribution < 1.29 is 13.2 Å². The van der Waals surface area contributed by atoms with Crippen LogP contribution in [0.1, 0.15) is 17.5 Å². The molecule has 0 atom stereocenters. The van der Waals surface area contributed by atoms with Gasteiger partial charge in [0.15, 0.2) is 5.82 Å². The number of sulfonamides is 1. The van der Waals surface area contributed by atoms with Gasteiger partial charge >= 0.3 is 0 Å². The first-order valence-electron chi connectivity index (χ1n) is 9.11. The SMILES string of the molecule is O=C1Cc2cc(S(=O)(=O)Nc3cc(-c4ccccc4)[nH]n3)cc3c2N1CCC3. The normalized spacial score (nSPS) is 15.6. The lowest BCUT2D eigenvalue weighted by molar-refractivity contribution is -0.117. The van der Waals surface area contributed by atoms with Gasteiger partial charge in [0.25, 0.3) is 10.0 Å². The predicted octanol–water partition coefficient (Wildman–Crippen LogP) is 2.71. The molecule has 0 unspecified atom stereocenters. The maximum absolute atomic E-state index is 12.9. The Labute approximate surface area is 162 Å². The van der Waals surface area contributed by atoms with Gasteiger partial charge < -0.3 is 4.90 Å². The molecule has 0 bridgehead atoms. The lowest BCUT2D eigenvalue weighted by atomic mass is 10.0. The summed E-state index contributed by atoms with van der Waals surface area (Å²) in [5.74, 6) is 0.268. The lowest BCUT2D eigenvalue weighted by Crippen LogP contribution is -2.31. The van der Waals surface area contributed by atoms with Crippen molar-refractivity contribution in [2.45, 2.75) is 24.2 Å². The molecule has 2 N–H and O–H groups in total. The van der Waals surface area contributed by atoms with Crippen LogP contribution >= 0.6 is 0 Å². The van der Waals surface area contributed by atoms with Crippen LogP contribution in [-0.4, -0.2) is 31.1 Å². The quantitative estimate of drug-likeness (QED) is 0.711. The van der Waals surface area contributed by atoms with Crippen molar-refractivity contribution in [1.82, 2.24) is 10.2 Å². The van der Waals surface area contributed by atoms with E-state index >= 15 is 0 Å². The molecule has 2 aliphatic heterocycles. The molecule has 5 rings (SSSR count). The van der Waals surface area contributed by atoms with Crippen molar-refractivity contribution in [3.63, 3.8) is 0 Å². The van der Waals surface area contributed by atoms with E-state index in [1.54, 1.807) is 23.1 Å².